The Labute approximate surface area is 182 Å². The molecule has 0 amide bonds. The van der Waals surface area contributed by atoms with Crippen LogP contribution in [0.1, 0.15) is 29.7 Å². The molecule has 0 unspecified atom stereocenters. The van der Waals surface area contributed by atoms with Crippen LogP contribution in [0.2, 0.25) is 0 Å². The lowest BCUT2D eigenvalue weighted by Crippen LogP contribution is -2.29. The third kappa shape index (κ3) is 5.59. The van der Waals surface area contributed by atoms with E-state index in [0.717, 1.165) is 17.0 Å². The predicted molar refractivity (Wildman–Crippen MR) is 119 cm³/mol. The van der Waals surface area contributed by atoms with Crippen molar-refractivity contribution in [2.45, 2.75) is 39.5 Å². The minimum absolute atomic E-state index is 0.201. The zero-order valence-electron chi connectivity index (χ0n) is 18.4. The number of nitrogens with one attached hydrogen (secondary N) is 2. The number of benzene rings is 1. The Morgan fingerprint density at radius 2 is 1.81 bits per heavy atom. The van der Waals surface area contributed by atoms with Gasteiger partial charge in [0.2, 0.25) is 10.0 Å². The molecule has 3 aromatic rings. The van der Waals surface area contributed by atoms with Gasteiger partial charge in [0.05, 0.1) is 17.2 Å². The monoisotopic (exact) mass is 444 g/mol. The molecule has 2 heterocycles. The van der Waals surface area contributed by atoms with E-state index in [2.05, 4.69) is 25.1 Å². The highest BCUT2D eigenvalue weighted by molar-refractivity contribution is 7.89. The molecular formula is C21H28N6O3S. The molecule has 2 aromatic heterocycles. The summed E-state index contributed by atoms with van der Waals surface area (Å²) in [5.74, 6) is 2.54. The van der Waals surface area contributed by atoms with Crippen molar-refractivity contribution in [1.82, 2.24) is 24.5 Å². The maximum absolute atomic E-state index is 12.6. The van der Waals surface area contributed by atoms with Crippen LogP contribution in [0.5, 0.6) is 5.75 Å². The Kier molecular flexibility index (Phi) is 6.91. The maximum Gasteiger partial charge on any atom is 0.240 e. The number of aromatic nitrogens is 4. The lowest BCUT2D eigenvalue weighted by molar-refractivity contribution is 0.337. The molecule has 10 heteroatoms. The van der Waals surface area contributed by atoms with Crippen molar-refractivity contribution in [3.05, 3.63) is 53.1 Å². The molecule has 0 aliphatic rings. The summed E-state index contributed by atoms with van der Waals surface area (Å²) < 4.78 is 35.0. The van der Waals surface area contributed by atoms with Gasteiger partial charge in [-0.3, -0.25) is 0 Å². The van der Waals surface area contributed by atoms with E-state index in [0.29, 0.717) is 36.4 Å². The Hall–Kier alpha value is -2.98. The summed E-state index contributed by atoms with van der Waals surface area (Å²) in [6.45, 7) is 10.5. The highest BCUT2D eigenvalue weighted by Crippen LogP contribution is 2.21. The zero-order valence-corrected chi connectivity index (χ0v) is 19.2. The Morgan fingerprint density at radius 1 is 1.03 bits per heavy atom. The minimum Gasteiger partial charge on any atom is -0.494 e. The summed E-state index contributed by atoms with van der Waals surface area (Å²) >= 11 is 0. The van der Waals surface area contributed by atoms with Crippen molar-refractivity contribution in [2.24, 2.45) is 0 Å². The van der Waals surface area contributed by atoms with Gasteiger partial charge >= 0.3 is 0 Å². The summed E-state index contributed by atoms with van der Waals surface area (Å²) in [7, 11) is -3.62. The number of nitrogens with zero attached hydrogens (tertiary/aromatic N) is 4. The van der Waals surface area contributed by atoms with Gasteiger partial charge in [0.15, 0.2) is 5.82 Å². The van der Waals surface area contributed by atoms with Crippen molar-refractivity contribution in [3.8, 4) is 11.6 Å². The van der Waals surface area contributed by atoms with Crippen LogP contribution in [-0.2, 0) is 10.0 Å². The molecule has 0 bridgehead atoms. The third-order valence-electron chi connectivity index (χ3n) is 4.53. The average molecular weight is 445 g/mol. The molecule has 9 nitrogen and oxygen atoms in total. The number of rotatable bonds is 9. The van der Waals surface area contributed by atoms with Gasteiger partial charge in [0, 0.05) is 24.8 Å². The molecule has 0 radical (unpaired) electrons. The first-order valence-electron chi connectivity index (χ1n) is 10.1. The second-order valence-corrected chi connectivity index (χ2v) is 8.95. The maximum atomic E-state index is 12.6. The highest BCUT2D eigenvalue weighted by atomic mass is 32.2. The summed E-state index contributed by atoms with van der Waals surface area (Å²) in [4.78, 5) is 9.02. The van der Waals surface area contributed by atoms with Gasteiger partial charge in [-0.1, -0.05) is 0 Å². The van der Waals surface area contributed by atoms with Crippen molar-refractivity contribution in [3.63, 3.8) is 0 Å². The lowest BCUT2D eigenvalue weighted by atomic mass is 10.2. The molecule has 0 fully saturated rings. The van der Waals surface area contributed by atoms with Crippen LogP contribution < -0.4 is 14.8 Å². The summed E-state index contributed by atoms with van der Waals surface area (Å²) in [6, 6.07) is 8.59. The van der Waals surface area contributed by atoms with Gasteiger partial charge < -0.3 is 10.1 Å². The molecular weight excluding hydrogens is 416 g/mol. The van der Waals surface area contributed by atoms with Crippen molar-refractivity contribution in [1.29, 1.82) is 0 Å². The zero-order chi connectivity index (χ0) is 22.6. The third-order valence-corrected chi connectivity index (χ3v) is 5.99. The Balaban J connectivity index is 1.63. The van der Waals surface area contributed by atoms with Gasteiger partial charge in [-0.15, -0.1) is 0 Å². The van der Waals surface area contributed by atoms with Gasteiger partial charge in [0.1, 0.15) is 17.4 Å². The molecule has 2 N–H and O–H groups in total. The fourth-order valence-corrected chi connectivity index (χ4v) is 4.29. The molecule has 3 rings (SSSR count). The van der Waals surface area contributed by atoms with Crippen LogP contribution in [0.4, 0.5) is 5.82 Å². The number of hydrogen-bond acceptors (Lipinski definition) is 7. The van der Waals surface area contributed by atoms with E-state index in [1.54, 1.807) is 35.9 Å². The molecule has 1 aromatic carbocycles. The van der Waals surface area contributed by atoms with E-state index in [1.165, 1.54) is 0 Å². The van der Waals surface area contributed by atoms with E-state index in [4.69, 9.17) is 4.74 Å². The minimum atomic E-state index is -3.62. The number of ether oxygens (including phenoxy) is 1. The molecule has 0 atom stereocenters. The molecule has 0 spiro atoms. The fourth-order valence-electron chi connectivity index (χ4n) is 3.18. The second kappa shape index (κ2) is 9.44. The first kappa shape index (κ1) is 22.7. The van der Waals surface area contributed by atoms with Gasteiger partial charge in [-0.25, -0.2) is 27.8 Å². The van der Waals surface area contributed by atoms with Gasteiger partial charge in [-0.05, 0) is 64.4 Å². The van der Waals surface area contributed by atoms with E-state index in [9.17, 15) is 8.42 Å². The molecule has 0 saturated carbocycles. The first-order chi connectivity index (χ1) is 14.7. The number of hydrogen-bond donors (Lipinski definition) is 2. The van der Waals surface area contributed by atoms with E-state index >= 15 is 0 Å². The first-order valence-corrected chi connectivity index (χ1v) is 11.5. The largest absolute Gasteiger partial charge is 0.494 e. The summed E-state index contributed by atoms with van der Waals surface area (Å²) in [5.41, 5.74) is 2.65. The van der Waals surface area contributed by atoms with Crippen LogP contribution in [0.3, 0.4) is 0 Å². The van der Waals surface area contributed by atoms with Crippen LogP contribution >= 0.6 is 0 Å². The number of aryl methyl sites for hydroxylation is 4. The average Bonchev–Trinajstić information content (AvgIpc) is 3.04. The molecule has 0 aliphatic carbocycles. The molecule has 166 valence electrons. The predicted octanol–water partition coefficient (Wildman–Crippen LogP) is 2.69. The summed E-state index contributed by atoms with van der Waals surface area (Å²) in [6.07, 6.45) is 0. The SMILES string of the molecule is CCOc1ccc(S(=O)(=O)NCCNc2cc(-n3nc(C)cc3C)nc(C)n2)cc1C. The highest BCUT2D eigenvalue weighted by Gasteiger charge is 2.15. The van der Waals surface area contributed by atoms with Gasteiger partial charge in [-0.2, -0.15) is 5.10 Å². The standard InChI is InChI=1S/C21H28N6O3S/c1-6-30-19-8-7-18(11-14(19)2)31(28,29)23-10-9-22-20-13-21(25-17(5)24-20)27-16(4)12-15(3)26-27/h7-8,11-13,23H,6,9-10H2,1-5H3,(H,22,24,25). The van der Waals surface area contributed by atoms with E-state index in [1.807, 2.05) is 33.8 Å². The van der Waals surface area contributed by atoms with Crippen molar-refractivity contribution < 1.29 is 13.2 Å². The van der Waals surface area contributed by atoms with Crippen LogP contribution in [-0.4, -0.2) is 47.9 Å². The molecule has 0 aliphatic heterocycles. The van der Waals surface area contributed by atoms with E-state index < -0.39 is 10.0 Å². The quantitative estimate of drug-likeness (QED) is 0.488. The van der Waals surface area contributed by atoms with Crippen LogP contribution in [0, 0.1) is 27.7 Å². The molecule has 31 heavy (non-hydrogen) atoms. The van der Waals surface area contributed by atoms with Crippen molar-refractivity contribution >= 4 is 15.8 Å². The second-order valence-electron chi connectivity index (χ2n) is 7.18. The van der Waals surface area contributed by atoms with Crippen molar-refractivity contribution in [2.75, 3.05) is 25.0 Å². The Morgan fingerprint density at radius 3 is 2.45 bits per heavy atom. The fraction of sp³-hybridized carbons (Fsp3) is 0.381. The number of anilines is 1. The normalized spacial score (nSPS) is 11.5. The lowest BCUT2D eigenvalue weighted by Gasteiger charge is -2.12. The van der Waals surface area contributed by atoms with Gasteiger partial charge in [0.25, 0.3) is 0 Å². The number of sulfonamides is 1. The topological polar surface area (TPSA) is 111 Å². The molecule has 0 saturated heterocycles. The smallest absolute Gasteiger partial charge is 0.240 e. The van der Waals surface area contributed by atoms with Crippen LogP contribution in [0.15, 0.2) is 35.2 Å². The van der Waals surface area contributed by atoms with Crippen LogP contribution in [0.25, 0.3) is 5.82 Å². The summed E-state index contributed by atoms with van der Waals surface area (Å²) in [5, 5.41) is 7.59. The Bertz CT molecular complexity index is 1170. The van der Waals surface area contributed by atoms with E-state index in [-0.39, 0.29) is 11.4 Å².